The van der Waals surface area contributed by atoms with E-state index in [-0.39, 0.29) is 16.7 Å². The Morgan fingerprint density at radius 3 is 2.50 bits per heavy atom. The van der Waals surface area contributed by atoms with Crippen molar-refractivity contribution in [2.24, 2.45) is 0 Å². The molecule has 20 heavy (non-hydrogen) atoms. The maximum absolute atomic E-state index is 11.8. The number of aromatic hydroxyl groups is 1. The highest BCUT2D eigenvalue weighted by Crippen LogP contribution is 2.38. The first-order valence-corrected chi connectivity index (χ1v) is 7.10. The Hall–Kier alpha value is -1.69. The Labute approximate surface area is 122 Å². The minimum absolute atomic E-state index is 0.0707. The van der Waals surface area contributed by atoms with Crippen molar-refractivity contribution in [2.45, 2.75) is 31.6 Å². The van der Waals surface area contributed by atoms with Crippen LogP contribution in [0.4, 0.5) is 4.79 Å². The maximum Gasteiger partial charge on any atom is 0.308 e. The van der Waals surface area contributed by atoms with Gasteiger partial charge in [-0.3, -0.25) is 9.59 Å². The molecule has 0 radical (unpaired) electrons. The van der Waals surface area contributed by atoms with Crippen LogP contribution in [0.25, 0.3) is 0 Å². The number of hydrogen-bond acceptors (Lipinski definition) is 5. The summed E-state index contributed by atoms with van der Waals surface area (Å²) in [5.74, 6) is -0.436. The summed E-state index contributed by atoms with van der Waals surface area (Å²) in [6.07, 6.45) is 1.41. The zero-order valence-corrected chi connectivity index (χ0v) is 12.9. The molecule has 1 amide bonds. The van der Waals surface area contributed by atoms with E-state index in [9.17, 15) is 14.7 Å². The Kier molecular flexibility index (Phi) is 5.88. The summed E-state index contributed by atoms with van der Waals surface area (Å²) < 4.78 is 4.95. The van der Waals surface area contributed by atoms with Gasteiger partial charge in [-0.1, -0.05) is 13.3 Å². The number of phenols is 1. The smallest absolute Gasteiger partial charge is 0.308 e. The lowest BCUT2D eigenvalue weighted by Gasteiger charge is -2.15. The summed E-state index contributed by atoms with van der Waals surface area (Å²) in [6.45, 7) is 3.25. The predicted octanol–water partition coefficient (Wildman–Crippen LogP) is 3.04. The fourth-order valence-corrected chi connectivity index (χ4v) is 2.43. The minimum Gasteiger partial charge on any atom is -0.504 e. The summed E-state index contributed by atoms with van der Waals surface area (Å²) in [4.78, 5) is 24.9. The van der Waals surface area contributed by atoms with E-state index in [2.05, 4.69) is 0 Å². The molecule has 0 heterocycles. The van der Waals surface area contributed by atoms with Crippen LogP contribution in [0.15, 0.2) is 17.0 Å². The highest BCUT2D eigenvalue weighted by atomic mass is 32.2. The maximum atomic E-state index is 11.8. The number of nitrogens with zero attached hydrogens (tertiary/aromatic N) is 1. The average Bonchev–Trinajstić information content (AvgIpc) is 2.36. The first-order chi connectivity index (χ1) is 9.36. The van der Waals surface area contributed by atoms with Crippen molar-refractivity contribution in [3.63, 3.8) is 0 Å². The Bertz CT molecular complexity index is 514. The van der Waals surface area contributed by atoms with Crippen molar-refractivity contribution in [3.05, 3.63) is 17.7 Å². The number of carbonyl (C=O) groups is 2. The van der Waals surface area contributed by atoms with Gasteiger partial charge in [0.2, 0.25) is 0 Å². The molecule has 0 aliphatic carbocycles. The molecule has 1 N–H and O–H groups in total. The fraction of sp³-hybridized carbons (Fsp3) is 0.429. The van der Waals surface area contributed by atoms with E-state index in [0.29, 0.717) is 16.9 Å². The average molecular weight is 297 g/mol. The lowest BCUT2D eigenvalue weighted by molar-refractivity contribution is -0.132. The second kappa shape index (κ2) is 7.19. The van der Waals surface area contributed by atoms with Gasteiger partial charge in [0, 0.05) is 31.5 Å². The third-order valence-electron chi connectivity index (χ3n) is 2.52. The molecular weight excluding hydrogens is 278 g/mol. The van der Waals surface area contributed by atoms with Crippen molar-refractivity contribution in [3.8, 4) is 11.5 Å². The van der Waals surface area contributed by atoms with Crippen LogP contribution in [0, 0.1) is 0 Å². The van der Waals surface area contributed by atoms with E-state index in [1.165, 1.54) is 17.9 Å². The summed E-state index contributed by atoms with van der Waals surface area (Å²) >= 11 is 1.05. The molecule has 0 saturated carbocycles. The molecule has 1 rings (SSSR count). The lowest BCUT2D eigenvalue weighted by atomic mass is 10.1. The van der Waals surface area contributed by atoms with Crippen LogP contribution in [0.5, 0.6) is 11.5 Å². The number of benzene rings is 1. The first-order valence-electron chi connectivity index (χ1n) is 6.29. The molecule has 0 aliphatic rings. The molecule has 6 heteroatoms. The van der Waals surface area contributed by atoms with Gasteiger partial charge in [-0.2, -0.15) is 0 Å². The molecule has 1 aromatic carbocycles. The molecule has 1 aromatic rings. The van der Waals surface area contributed by atoms with Crippen molar-refractivity contribution in [1.29, 1.82) is 0 Å². The number of ether oxygens (including phenoxy) is 1. The largest absolute Gasteiger partial charge is 0.504 e. The van der Waals surface area contributed by atoms with Crippen LogP contribution < -0.4 is 4.74 Å². The summed E-state index contributed by atoms with van der Waals surface area (Å²) in [6, 6.07) is 3.19. The number of rotatable bonds is 4. The van der Waals surface area contributed by atoms with Crippen molar-refractivity contribution in [2.75, 3.05) is 14.1 Å². The molecule has 0 spiro atoms. The van der Waals surface area contributed by atoms with Gasteiger partial charge in [0.1, 0.15) is 0 Å². The van der Waals surface area contributed by atoms with Gasteiger partial charge < -0.3 is 14.7 Å². The number of phenolic OH excluding ortho intramolecular Hbond substituents is 1. The van der Waals surface area contributed by atoms with Gasteiger partial charge >= 0.3 is 5.97 Å². The topological polar surface area (TPSA) is 66.8 Å². The molecule has 5 nitrogen and oxygen atoms in total. The Balaban J connectivity index is 3.15. The quantitative estimate of drug-likeness (QED) is 0.525. The molecule has 0 atom stereocenters. The molecule has 0 aromatic heterocycles. The highest BCUT2D eigenvalue weighted by molar-refractivity contribution is 8.13. The zero-order chi connectivity index (χ0) is 15.3. The zero-order valence-electron chi connectivity index (χ0n) is 12.1. The predicted molar refractivity (Wildman–Crippen MR) is 78.4 cm³/mol. The van der Waals surface area contributed by atoms with Crippen LogP contribution in [0.2, 0.25) is 0 Å². The molecule has 0 fully saturated rings. The highest BCUT2D eigenvalue weighted by Gasteiger charge is 2.17. The molecular formula is C14H19NO4S. The second-order valence-electron chi connectivity index (χ2n) is 4.50. The van der Waals surface area contributed by atoms with E-state index in [0.717, 1.165) is 18.2 Å². The molecule has 0 aliphatic heterocycles. The minimum atomic E-state index is -0.493. The fourth-order valence-electron chi connectivity index (χ4n) is 1.61. The lowest BCUT2D eigenvalue weighted by Crippen LogP contribution is -2.16. The summed E-state index contributed by atoms with van der Waals surface area (Å²) in [5.41, 5.74) is 0.631. The standard InChI is InChI=1S/C14H19NO4S/c1-5-6-10-12(20-14(18)15(3)4)8-7-11(13(10)17)19-9(2)16/h7-8,17H,5-6H2,1-4H3. The summed E-state index contributed by atoms with van der Waals surface area (Å²) in [5, 5.41) is 10.1. The first kappa shape index (κ1) is 16.4. The normalized spacial score (nSPS) is 10.2. The van der Waals surface area contributed by atoms with Gasteiger partial charge in [0.15, 0.2) is 11.5 Å². The molecule has 0 saturated heterocycles. The third kappa shape index (κ3) is 4.16. The Morgan fingerprint density at radius 2 is 2.00 bits per heavy atom. The van der Waals surface area contributed by atoms with Crippen molar-refractivity contribution in [1.82, 2.24) is 4.90 Å². The number of hydrogen-bond donors (Lipinski definition) is 1. The van der Waals surface area contributed by atoms with Gasteiger partial charge in [-0.25, -0.2) is 0 Å². The second-order valence-corrected chi connectivity index (χ2v) is 5.49. The molecule has 0 unspecified atom stereocenters. The van der Waals surface area contributed by atoms with Gasteiger partial charge in [-0.15, -0.1) is 0 Å². The SMILES string of the molecule is CCCc1c(SC(=O)N(C)C)ccc(OC(C)=O)c1O. The number of carbonyl (C=O) groups excluding carboxylic acids is 2. The van der Waals surface area contributed by atoms with E-state index >= 15 is 0 Å². The van der Waals surface area contributed by atoms with E-state index in [4.69, 9.17) is 4.74 Å². The number of thioether (sulfide) groups is 1. The van der Waals surface area contributed by atoms with E-state index in [1.807, 2.05) is 6.92 Å². The van der Waals surface area contributed by atoms with E-state index in [1.54, 1.807) is 20.2 Å². The van der Waals surface area contributed by atoms with Crippen LogP contribution in [0.3, 0.4) is 0 Å². The van der Waals surface area contributed by atoms with Gasteiger partial charge in [0.05, 0.1) is 0 Å². The third-order valence-corrected chi connectivity index (χ3v) is 3.66. The van der Waals surface area contributed by atoms with Crippen molar-refractivity contribution < 1.29 is 19.4 Å². The van der Waals surface area contributed by atoms with Gasteiger partial charge in [-0.05, 0) is 30.3 Å². The van der Waals surface area contributed by atoms with Crippen LogP contribution in [0.1, 0.15) is 25.8 Å². The summed E-state index contributed by atoms with van der Waals surface area (Å²) in [7, 11) is 3.34. The number of amides is 1. The van der Waals surface area contributed by atoms with Crippen LogP contribution in [-0.4, -0.2) is 35.3 Å². The van der Waals surface area contributed by atoms with E-state index < -0.39 is 5.97 Å². The van der Waals surface area contributed by atoms with Gasteiger partial charge in [0.25, 0.3) is 5.24 Å². The molecule has 110 valence electrons. The Morgan fingerprint density at radius 1 is 1.35 bits per heavy atom. The van der Waals surface area contributed by atoms with Crippen LogP contribution >= 0.6 is 11.8 Å². The monoisotopic (exact) mass is 297 g/mol. The van der Waals surface area contributed by atoms with Crippen molar-refractivity contribution >= 4 is 23.0 Å². The molecule has 0 bridgehead atoms. The van der Waals surface area contributed by atoms with Crippen LogP contribution in [-0.2, 0) is 11.2 Å². The number of esters is 1.